The summed E-state index contributed by atoms with van der Waals surface area (Å²) in [5.74, 6) is 0. The van der Waals surface area contributed by atoms with Crippen LogP contribution in [0.2, 0.25) is 0 Å². The molecule has 0 aromatic heterocycles. The molecular weight excluding hydrogens is 114 g/mol. The van der Waals surface area contributed by atoms with Crippen molar-refractivity contribution in [3.63, 3.8) is 0 Å². The van der Waals surface area contributed by atoms with Crippen molar-refractivity contribution >= 4 is 0 Å². The van der Waals surface area contributed by atoms with Gasteiger partial charge in [0.1, 0.15) is 0 Å². The molecule has 0 bridgehead atoms. The number of rotatable bonds is 1. The minimum absolute atomic E-state index is 0.545. The summed E-state index contributed by atoms with van der Waals surface area (Å²) in [7, 11) is 0. The fraction of sp³-hybridized carbons (Fsp3) is 1.00. The normalized spacial score (nSPS) is 36.7. The van der Waals surface area contributed by atoms with Gasteiger partial charge in [0, 0.05) is 12.1 Å². The standard InChI is InChI=1S/C7H15NO/c1-3-7-5-9-4-6(2)8-7/h6-8H,3-5H2,1-2H3. The third-order valence-electron chi connectivity index (χ3n) is 1.70. The van der Waals surface area contributed by atoms with Crippen molar-refractivity contribution in [3.8, 4) is 0 Å². The van der Waals surface area contributed by atoms with Gasteiger partial charge in [0.15, 0.2) is 0 Å². The van der Waals surface area contributed by atoms with E-state index in [9.17, 15) is 0 Å². The van der Waals surface area contributed by atoms with E-state index in [-0.39, 0.29) is 0 Å². The van der Waals surface area contributed by atoms with Gasteiger partial charge in [0.25, 0.3) is 0 Å². The molecule has 1 fully saturated rings. The first-order valence-corrected chi connectivity index (χ1v) is 3.66. The molecule has 2 atom stereocenters. The highest BCUT2D eigenvalue weighted by atomic mass is 16.5. The van der Waals surface area contributed by atoms with Crippen LogP contribution in [0.3, 0.4) is 0 Å². The van der Waals surface area contributed by atoms with Crippen molar-refractivity contribution in [2.24, 2.45) is 0 Å². The first-order valence-electron chi connectivity index (χ1n) is 3.66. The molecule has 2 nitrogen and oxygen atoms in total. The maximum Gasteiger partial charge on any atom is 0.0620 e. The Hall–Kier alpha value is -0.0800. The lowest BCUT2D eigenvalue weighted by Gasteiger charge is -2.27. The van der Waals surface area contributed by atoms with Crippen LogP contribution < -0.4 is 5.32 Å². The molecule has 9 heavy (non-hydrogen) atoms. The van der Waals surface area contributed by atoms with E-state index in [1.165, 1.54) is 6.42 Å². The molecule has 1 aliphatic rings. The zero-order chi connectivity index (χ0) is 6.69. The van der Waals surface area contributed by atoms with Crippen molar-refractivity contribution in [2.75, 3.05) is 13.2 Å². The van der Waals surface area contributed by atoms with Crippen molar-refractivity contribution < 1.29 is 4.74 Å². The van der Waals surface area contributed by atoms with Gasteiger partial charge in [-0.2, -0.15) is 0 Å². The van der Waals surface area contributed by atoms with Crippen molar-refractivity contribution in [3.05, 3.63) is 0 Å². The highest BCUT2D eigenvalue weighted by molar-refractivity contribution is 4.73. The zero-order valence-corrected chi connectivity index (χ0v) is 6.18. The molecule has 54 valence electrons. The molecule has 1 aliphatic heterocycles. The van der Waals surface area contributed by atoms with Crippen LogP contribution in [0, 0.1) is 0 Å². The largest absolute Gasteiger partial charge is 0.378 e. The minimum atomic E-state index is 0.545. The van der Waals surface area contributed by atoms with Crippen LogP contribution >= 0.6 is 0 Å². The lowest BCUT2D eigenvalue weighted by atomic mass is 10.2. The Morgan fingerprint density at radius 1 is 1.56 bits per heavy atom. The molecule has 1 heterocycles. The molecule has 1 saturated heterocycles. The van der Waals surface area contributed by atoms with Crippen LogP contribution in [0.15, 0.2) is 0 Å². The van der Waals surface area contributed by atoms with E-state index in [0.717, 1.165) is 13.2 Å². The Labute approximate surface area is 56.6 Å². The SMILES string of the molecule is CCC1COCC(C)N1. The second-order valence-electron chi connectivity index (χ2n) is 2.71. The minimum Gasteiger partial charge on any atom is -0.378 e. The monoisotopic (exact) mass is 129 g/mol. The zero-order valence-electron chi connectivity index (χ0n) is 6.18. The number of hydrogen-bond donors (Lipinski definition) is 1. The van der Waals surface area contributed by atoms with E-state index in [1.54, 1.807) is 0 Å². The average Bonchev–Trinajstić information content (AvgIpc) is 1.88. The lowest BCUT2D eigenvalue weighted by Crippen LogP contribution is -2.46. The van der Waals surface area contributed by atoms with Crippen molar-refractivity contribution in [1.29, 1.82) is 0 Å². The smallest absolute Gasteiger partial charge is 0.0620 e. The number of hydrogen-bond acceptors (Lipinski definition) is 2. The van der Waals surface area contributed by atoms with Crippen LogP contribution in [0.1, 0.15) is 20.3 Å². The van der Waals surface area contributed by atoms with Gasteiger partial charge in [0.2, 0.25) is 0 Å². The molecule has 1 rings (SSSR count). The first-order chi connectivity index (χ1) is 4.33. The van der Waals surface area contributed by atoms with Crippen LogP contribution in [-0.4, -0.2) is 25.3 Å². The van der Waals surface area contributed by atoms with Gasteiger partial charge < -0.3 is 10.1 Å². The number of nitrogens with one attached hydrogen (secondary N) is 1. The molecule has 0 aromatic carbocycles. The van der Waals surface area contributed by atoms with Gasteiger partial charge in [-0.1, -0.05) is 6.92 Å². The van der Waals surface area contributed by atoms with E-state index in [0.29, 0.717) is 12.1 Å². The summed E-state index contributed by atoms with van der Waals surface area (Å²) in [5.41, 5.74) is 0. The maximum atomic E-state index is 5.32. The molecule has 0 saturated carbocycles. The molecule has 2 unspecified atom stereocenters. The summed E-state index contributed by atoms with van der Waals surface area (Å²) in [6.45, 7) is 6.10. The average molecular weight is 129 g/mol. The third-order valence-corrected chi connectivity index (χ3v) is 1.70. The second kappa shape index (κ2) is 3.18. The van der Waals surface area contributed by atoms with Crippen LogP contribution in [0.4, 0.5) is 0 Å². The van der Waals surface area contributed by atoms with E-state index in [2.05, 4.69) is 19.2 Å². The summed E-state index contributed by atoms with van der Waals surface area (Å²) >= 11 is 0. The maximum absolute atomic E-state index is 5.32. The second-order valence-corrected chi connectivity index (χ2v) is 2.71. The lowest BCUT2D eigenvalue weighted by molar-refractivity contribution is 0.0496. The van der Waals surface area contributed by atoms with Gasteiger partial charge in [0.05, 0.1) is 13.2 Å². The van der Waals surface area contributed by atoms with Crippen molar-refractivity contribution in [1.82, 2.24) is 5.32 Å². The van der Waals surface area contributed by atoms with E-state index in [4.69, 9.17) is 4.74 Å². The quantitative estimate of drug-likeness (QED) is 0.564. The summed E-state index contributed by atoms with van der Waals surface area (Å²) in [6, 6.07) is 1.14. The van der Waals surface area contributed by atoms with Gasteiger partial charge in [-0.05, 0) is 13.3 Å². The van der Waals surface area contributed by atoms with Gasteiger partial charge in [-0.3, -0.25) is 0 Å². The molecule has 0 spiro atoms. The Morgan fingerprint density at radius 2 is 2.33 bits per heavy atom. The molecule has 0 aromatic rings. The molecule has 0 radical (unpaired) electrons. The summed E-state index contributed by atoms with van der Waals surface area (Å²) in [4.78, 5) is 0. The third kappa shape index (κ3) is 1.95. The van der Waals surface area contributed by atoms with Crippen LogP contribution in [-0.2, 0) is 4.74 Å². The number of ether oxygens (including phenoxy) is 1. The van der Waals surface area contributed by atoms with E-state index < -0.39 is 0 Å². The number of morpholine rings is 1. The topological polar surface area (TPSA) is 21.3 Å². The van der Waals surface area contributed by atoms with Crippen molar-refractivity contribution in [2.45, 2.75) is 32.4 Å². The highest BCUT2D eigenvalue weighted by Gasteiger charge is 2.15. The summed E-state index contributed by atoms with van der Waals surface area (Å²) in [5, 5.41) is 3.44. The van der Waals surface area contributed by atoms with Gasteiger partial charge in [-0.25, -0.2) is 0 Å². The van der Waals surface area contributed by atoms with Crippen LogP contribution in [0.5, 0.6) is 0 Å². The first kappa shape index (κ1) is 7.03. The Morgan fingerprint density at radius 3 is 2.78 bits per heavy atom. The van der Waals surface area contributed by atoms with E-state index in [1.807, 2.05) is 0 Å². The fourth-order valence-corrected chi connectivity index (χ4v) is 1.12. The Bertz CT molecular complexity index is 85.0. The van der Waals surface area contributed by atoms with E-state index >= 15 is 0 Å². The highest BCUT2D eigenvalue weighted by Crippen LogP contribution is 2.01. The van der Waals surface area contributed by atoms with Gasteiger partial charge >= 0.3 is 0 Å². The predicted octanol–water partition coefficient (Wildman–Crippen LogP) is 0.773. The molecule has 0 aliphatic carbocycles. The van der Waals surface area contributed by atoms with Gasteiger partial charge in [-0.15, -0.1) is 0 Å². The Balaban J connectivity index is 2.23. The predicted molar refractivity (Wildman–Crippen MR) is 37.5 cm³/mol. The summed E-state index contributed by atoms with van der Waals surface area (Å²) < 4.78 is 5.32. The van der Waals surface area contributed by atoms with Crippen LogP contribution in [0.25, 0.3) is 0 Å². The fourth-order valence-electron chi connectivity index (χ4n) is 1.12. The molecule has 1 N–H and O–H groups in total. The molecule has 0 amide bonds. The summed E-state index contributed by atoms with van der Waals surface area (Å²) in [6.07, 6.45) is 1.17. The Kier molecular flexibility index (Phi) is 2.49. The molecule has 2 heteroatoms. The molecular formula is C7H15NO.